The van der Waals surface area contributed by atoms with E-state index in [2.05, 4.69) is 35.4 Å². The molecular formula is C26H41N5O2. The maximum Gasteiger partial charge on any atom is 0.135 e. The van der Waals surface area contributed by atoms with Crippen LogP contribution in [0.1, 0.15) is 90.2 Å². The van der Waals surface area contributed by atoms with Gasteiger partial charge in [-0.3, -0.25) is 9.48 Å². The maximum atomic E-state index is 12.3. The molecule has 0 aromatic carbocycles. The van der Waals surface area contributed by atoms with Crippen molar-refractivity contribution in [3.63, 3.8) is 0 Å². The summed E-state index contributed by atoms with van der Waals surface area (Å²) in [5.74, 6) is 2.17. The molecule has 33 heavy (non-hydrogen) atoms. The standard InChI is InChI=1S/C26H41N5O2/c1-19-8-11-24-20(6-5-7-25(19)32)9-10-21-16-22(12-13-26(21,24)2)29-33-15-4-3-14-31-18-23(17-27)28-30-31/h16,18-20,24H,3-15,17,27H2,1-2H3. The minimum Gasteiger partial charge on any atom is -0.396 e. The van der Waals surface area contributed by atoms with Gasteiger partial charge in [-0.2, -0.15) is 0 Å². The van der Waals surface area contributed by atoms with Crippen LogP contribution in [0, 0.1) is 23.2 Å². The summed E-state index contributed by atoms with van der Waals surface area (Å²) in [6.45, 7) is 6.49. The zero-order valence-corrected chi connectivity index (χ0v) is 20.5. The van der Waals surface area contributed by atoms with Crippen LogP contribution in [0.25, 0.3) is 0 Å². The fourth-order valence-corrected chi connectivity index (χ4v) is 6.29. The number of carbonyl (C=O) groups is 1. The topological polar surface area (TPSA) is 95.4 Å². The van der Waals surface area contributed by atoms with Gasteiger partial charge in [0.1, 0.15) is 12.4 Å². The van der Waals surface area contributed by atoms with Crippen molar-refractivity contribution in [1.29, 1.82) is 0 Å². The Bertz CT molecular complexity index is 876. The van der Waals surface area contributed by atoms with E-state index in [9.17, 15) is 4.79 Å². The molecule has 4 unspecified atom stereocenters. The van der Waals surface area contributed by atoms with Gasteiger partial charge in [-0.25, -0.2) is 0 Å². The Morgan fingerprint density at radius 2 is 2.09 bits per heavy atom. The Kier molecular flexibility index (Phi) is 7.99. The summed E-state index contributed by atoms with van der Waals surface area (Å²) in [7, 11) is 0. The van der Waals surface area contributed by atoms with Gasteiger partial charge in [-0.05, 0) is 87.5 Å². The number of aromatic nitrogens is 3. The lowest BCUT2D eigenvalue weighted by molar-refractivity contribution is -0.122. The highest BCUT2D eigenvalue weighted by atomic mass is 16.6. The number of oxime groups is 1. The number of fused-ring (bicyclic) bond motifs is 3. The molecule has 0 bridgehead atoms. The van der Waals surface area contributed by atoms with Crippen LogP contribution in [0.4, 0.5) is 0 Å². The molecule has 1 aromatic heterocycles. The normalized spacial score (nSPS) is 31.7. The van der Waals surface area contributed by atoms with Gasteiger partial charge in [0.25, 0.3) is 0 Å². The van der Waals surface area contributed by atoms with Crippen LogP contribution < -0.4 is 5.73 Å². The number of rotatable bonds is 7. The first-order valence-corrected chi connectivity index (χ1v) is 13.0. The van der Waals surface area contributed by atoms with Gasteiger partial charge >= 0.3 is 0 Å². The lowest BCUT2D eigenvalue weighted by atomic mass is 9.54. The number of carbonyl (C=O) groups excluding carboxylic acids is 1. The molecule has 0 amide bonds. The molecule has 4 rings (SSSR count). The molecule has 0 saturated heterocycles. The fraction of sp³-hybridized carbons (Fsp3) is 0.769. The number of nitrogens with two attached hydrogens (primary N) is 1. The summed E-state index contributed by atoms with van der Waals surface area (Å²) in [4.78, 5) is 18.0. The highest BCUT2D eigenvalue weighted by Gasteiger charge is 2.46. The van der Waals surface area contributed by atoms with Crippen molar-refractivity contribution in [1.82, 2.24) is 15.0 Å². The molecule has 2 saturated carbocycles. The molecule has 1 heterocycles. The Hall–Kier alpha value is -2.02. The van der Waals surface area contributed by atoms with E-state index in [-0.39, 0.29) is 11.3 Å². The van der Waals surface area contributed by atoms with Crippen molar-refractivity contribution in [2.75, 3.05) is 6.61 Å². The van der Waals surface area contributed by atoms with Crippen molar-refractivity contribution in [3.8, 4) is 0 Å². The van der Waals surface area contributed by atoms with E-state index in [1.54, 1.807) is 5.57 Å². The summed E-state index contributed by atoms with van der Waals surface area (Å²) in [6.07, 6.45) is 16.0. The van der Waals surface area contributed by atoms with E-state index >= 15 is 0 Å². The Labute approximate surface area is 198 Å². The van der Waals surface area contributed by atoms with Crippen LogP contribution in [0.2, 0.25) is 0 Å². The van der Waals surface area contributed by atoms with E-state index in [0.29, 0.717) is 24.9 Å². The highest BCUT2D eigenvalue weighted by Crippen LogP contribution is 2.55. The summed E-state index contributed by atoms with van der Waals surface area (Å²) in [6, 6.07) is 0. The summed E-state index contributed by atoms with van der Waals surface area (Å²) < 4.78 is 1.84. The average molecular weight is 456 g/mol. The maximum absolute atomic E-state index is 12.3. The zero-order valence-electron chi connectivity index (χ0n) is 20.5. The van der Waals surface area contributed by atoms with Crippen LogP contribution in [0.3, 0.4) is 0 Å². The van der Waals surface area contributed by atoms with Crippen molar-refractivity contribution < 1.29 is 9.63 Å². The number of hydrogen-bond acceptors (Lipinski definition) is 6. The van der Waals surface area contributed by atoms with Crippen LogP contribution in [-0.2, 0) is 22.7 Å². The van der Waals surface area contributed by atoms with E-state index < -0.39 is 0 Å². The van der Waals surface area contributed by atoms with E-state index in [1.807, 2.05) is 10.9 Å². The highest BCUT2D eigenvalue weighted by molar-refractivity contribution is 5.96. The van der Waals surface area contributed by atoms with Crippen LogP contribution >= 0.6 is 0 Å². The smallest absolute Gasteiger partial charge is 0.135 e. The van der Waals surface area contributed by atoms with Crippen LogP contribution in [-0.4, -0.2) is 33.1 Å². The third-order valence-electron chi connectivity index (χ3n) is 8.46. The summed E-state index contributed by atoms with van der Waals surface area (Å²) in [5.41, 5.74) is 9.31. The molecule has 3 aliphatic rings. The van der Waals surface area contributed by atoms with Gasteiger partial charge in [-0.15, -0.1) is 5.10 Å². The second kappa shape index (κ2) is 10.9. The first-order chi connectivity index (χ1) is 16.0. The predicted molar refractivity (Wildman–Crippen MR) is 129 cm³/mol. The molecule has 0 radical (unpaired) electrons. The lowest BCUT2D eigenvalue weighted by Crippen LogP contribution is -2.41. The first-order valence-electron chi connectivity index (χ1n) is 13.0. The quantitative estimate of drug-likeness (QED) is 0.470. The van der Waals surface area contributed by atoms with Gasteiger partial charge < -0.3 is 10.6 Å². The molecule has 2 N–H and O–H groups in total. The molecule has 182 valence electrons. The van der Waals surface area contributed by atoms with Crippen molar-refractivity contribution in [2.45, 2.75) is 97.6 Å². The largest absolute Gasteiger partial charge is 0.396 e. The minimum atomic E-state index is 0.225. The summed E-state index contributed by atoms with van der Waals surface area (Å²) >= 11 is 0. The predicted octanol–water partition coefficient (Wildman–Crippen LogP) is 4.81. The Morgan fingerprint density at radius 1 is 1.21 bits per heavy atom. The van der Waals surface area contributed by atoms with Gasteiger partial charge in [0.2, 0.25) is 0 Å². The number of ketones is 1. The fourth-order valence-electron chi connectivity index (χ4n) is 6.29. The molecule has 3 aliphatic carbocycles. The lowest BCUT2D eigenvalue weighted by Gasteiger charge is -2.50. The SMILES string of the molecule is CC1CCC2C(CCCC1=O)CCC1=CC(=NOCCCCn3cc(CN)nn3)CCC12C. The Balaban J connectivity index is 1.30. The van der Waals surface area contributed by atoms with Crippen LogP contribution in [0.15, 0.2) is 23.0 Å². The number of unbranched alkanes of at least 4 members (excludes halogenated alkanes) is 1. The zero-order chi connectivity index (χ0) is 23.3. The summed E-state index contributed by atoms with van der Waals surface area (Å²) in [5, 5.41) is 12.6. The number of hydrogen-bond donors (Lipinski definition) is 1. The first kappa shape index (κ1) is 24.1. The molecular weight excluding hydrogens is 414 g/mol. The van der Waals surface area contributed by atoms with Crippen molar-refractivity contribution in [2.24, 2.45) is 34.1 Å². The molecule has 7 heteroatoms. The van der Waals surface area contributed by atoms with E-state index in [4.69, 9.17) is 10.6 Å². The molecule has 7 nitrogen and oxygen atoms in total. The Morgan fingerprint density at radius 3 is 2.91 bits per heavy atom. The monoisotopic (exact) mass is 455 g/mol. The van der Waals surface area contributed by atoms with Gasteiger partial charge in [0, 0.05) is 31.6 Å². The minimum absolute atomic E-state index is 0.225. The third-order valence-corrected chi connectivity index (χ3v) is 8.46. The van der Waals surface area contributed by atoms with Gasteiger partial charge in [0.15, 0.2) is 0 Å². The van der Waals surface area contributed by atoms with Crippen LogP contribution in [0.5, 0.6) is 0 Å². The molecule has 0 aliphatic heterocycles. The van der Waals surface area contributed by atoms with Crippen molar-refractivity contribution in [3.05, 3.63) is 23.5 Å². The average Bonchev–Trinajstić information content (AvgIpc) is 3.29. The molecule has 2 fully saturated rings. The second-order valence-electron chi connectivity index (χ2n) is 10.6. The number of Topliss-reactive ketones (excluding diaryl/α,β-unsaturated/α-hetero) is 1. The number of aryl methyl sites for hydroxylation is 1. The van der Waals surface area contributed by atoms with Crippen molar-refractivity contribution >= 4 is 11.5 Å². The van der Waals surface area contributed by atoms with E-state index in [0.717, 1.165) is 68.8 Å². The molecule has 4 atom stereocenters. The molecule has 0 spiro atoms. The second-order valence-corrected chi connectivity index (χ2v) is 10.6. The third kappa shape index (κ3) is 5.73. The van der Waals surface area contributed by atoms with Gasteiger partial charge in [-0.1, -0.05) is 29.8 Å². The number of nitrogens with zero attached hydrogens (tertiary/aromatic N) is 4. The molecule has 1 aromatic rings. The number of allylic oxidation sites excluding steroid dienone is 2. The van der Waals surface area contributed by atoms with E-state index in [1.165, 1.54) is 25.7 Å². The van der Waals surface area contributed by atoms with Gasteiger partial charge in [0.05, 0.1) is 11.4 Å².